The number of ether oxygens (including phenoxy) is 2. The lowest BCUT2D eigenvalue weighted by atomic mass is 10.1. The number of piperidine rings is 1. The Kier molecular flexibility index (Phi) is 2.22. The van der Waals surface area contributed by atoms with E-state index in [9.17, 15) is 9.59 Å². The maximum atomic E-state index is 11.6. The van der Waals surface area contributed by atoms with Crippen molar-refractivity contribution in [3.63, 3.8) is 0 Å². The minimum atomic E-state index is -0.526. The van der Waals surface area contributed by atoms with Gasteiger partial charge in [0.25, 0.3) is 0 Å². The molecule has 5 heteroatoms. The number of carbonyl (C=O) groups is 2. The van der Waals surface area contributed by atoms with Crippen LogP contribution in [0, 0.1) is 0 Å². The van der Waals surface area contributed by atoms with Crippen LogP contribution >= 0.6 is 0 Å². The molecule has 0 aromatic carbocycles. The number of carbonyl (C=O) groups excluding carboxylic acids is 2. The van der Waals surface area contributed by atoms with Gasteiger partial charge in [0.2, 0.25) is 0 Å². The summed E-state index contributed by atoms with van der Waals surface area (Å²) in [5, 5.41) is 0. The molecule has 2 aliphatic heterocycles. The largest absolute Gasteiger partial charge is 0.444 e. The summed E-state index contributed by atoms with van der Waals surface area (Å²) in [7, 11) is 0. The highest BCUT2D eigenvalue weighted by molar-refractivity contribution is 5.91. The average molecular weight is 213 g/mol. The second kappa shape index (κ2) is 3.20. The Morgan fingerprint density at radius 3 is 2.73 bits per heavy atom. The zero-order valence-corrected chi connectivity index (χ0v) is 9.15. The molecule has 2 rings (SSSR count). The van der Waals surface area contributed by atoms with E-state index in [1.54, 1.807) is 20.8 Å². The molecule has 84 valence electrons. The number of hydrogen-bond acceptors (Lipinski definition) is 4. The number of ketones is 1. The Morgan fingerprint density at radius 1 is 1.53 bits per heavy atom. The summed E-state index contributed by atoms with van der Waals surface area (Å²) < 4.78 is 10.3. The van der Waals surface area contributed by atoms with Crippen molar-refractivity contribution in [1.29, 1.82) is 0 Å². The summed E-state index contributed by atoms with van der Waals surface area (Å²) in [5.74, 6) is -0.0305. The first-order chi connectivity index (χ1) is 6.87. The molecule has 2 fully saturated rings. The van der Waals surface area contributed by atoms with E-state index >= 15 is 0 Å². The number of rotatable bonds is 0. The Bertz CT molecular complexity index is 307. The third-order valence-corrected chi connectivity index (χ3v) is 2.30. The number of epoxide rings is 1. The van der Waals surface area contributed by atoms with Crippen molar-refractivity contribution >= 4 is 11.9 Å². The van der Waals surface area contributed by atoms with Crippen LogP contribution < -0.4 is 0 Å². The third-order valence-electron chi connectivity index (χ3n) is 2.30. The van der Waals surface area contributed by atoms with E-state index in [2.05, 4.69) is 0 Å². The van der Waals surface area contributed by atoms with Crippen molar-refractivity contribution in [3.8, 4) is 0 Å². The number of hydrogen-bond donors (Lipinski definition) is 0. The maximum Gasteiger partial charge on any atom is 0.410 e. The standard InChI is InChI=1S/C10H15NO4/c1-10(2,3)15-9(13)11-4-6(12)8-7(5-11)14-8/h7-8H,4-5H2,1-3H3/t7-,8-/m1/s1. The van der Waals surface area contributed by atoms with Gasteiger partial charge >= 0.3 is 6.09 Å². The van der Waals surface area contributed by atoms with Crippen LogP contribution in [0.2, 0.25) is 0 Å². The van der Waals surface area contributed by atoms with Gasteiger partial charge in [-0.15, -0.1) is 0 Å². The molecular weight excluding hydrogens is 198 g/mol. The van der Waals surface area contributed by atoms with Gasteiger partial charge in [0.05, 0.1) is 13.1 Å². The van der Waals surface area contributed by atoms with Crippen LogP contribution in [0.1, 0.15) is 20.8 Å². The topological polar surface area (TPSA) is 59.1 Å². The van der Waals surface area contributed by atoms with E-state index in [1.165, 1.54) is 4.90 Å². The lowest BCUT2D eigenvalue weighted by Gasteiger charge is -2.27. The van der Waals surface area contributed by atoms with E-state index < -0.39 is 11.7 Å². The molecule has 0 bridgehead atoms. The minimum absolute atomic E-state index is 0.0305. The number of nitrogens with zero attached hydrogens (tertiary/aromatic N) is 1. The first-order valence-electron chi connectivity index (χ1n) is 5.03. The molecule has 0 aromatic heterocycles. The minimum Gasteiger partial charge on any atom is -0.444 e. The summed E-state index contributed by atoms with van der Waals surface area (Å²) in [4.78, 5) is 24.4. The van der Waals surface area contributed by atoms with Crippen molar-refractivity contribution in [2.45, 2.75) is 38.6 Å². The molecule has 0 aromatic rings. The molecule has 0 saturated carbocycles. The van der Waals surface area contributed by atoms with Gasteiger partial charge in [0, 0.05) is 0 Å². The molecular formula is C10H15NO4. The van der Waals surface area contributed by atoms with E-state index in [0.717, 1.165) is 0 Å². The van der Waals surface area contributed by atoms with Crippen molar-refractivity contribution < 1.29 is 19.1 Å². The molecule has 0 N–H and O–H groups in total. The van der Waals surface area contributed by atoms with Crippen molar-refractivity contribution in [2.75, 3.05) is 13.1 Å². The highest BCUT2D eigenvalue weighted by Crippen LogP contribution is 2.29. The third kappa shape index (κ3) is 2.28. The quantitative estimate of drug-likeness (QED) is 0.552. The highest BCUT2D eigenvalue weighted by Gasteiger charge is 2.51. The predicted octanol–water partition coefficient (Wildman–Crippen LogP) is 0.574. The average Bonchev–Trinajstić information content (AvgIpc) is 2.79. The van der Waals surface area contributed by atoms with E-state index in [-0.39, 0.29) is 24.5 Å². The van der Waals surface area contributed by atoms with Crippen molar-refractivity contribution in [1.82, 2.24) is 4.90 Å². The van der Waals surface area contributed by atoms with Gasteiger partial charge in [-0.3, -0.25) is 9.69 Å². The van der Waals surface area contributed by atoms with Gasteiger partial charge in [-0.1, -0.05) is 0 Å². The summed E-state index contributed by atoms with van der Waals surface area (Å²) in [5.41, 5.74) is -0.526. The molecule has 0 radical (unpaired) electrons. The fourth-order valence-electron chi connectivity index (χ4n) is 1.59. The lowest BCUT2D eigenvalue weighted by molar-refractivity contribution is -0.121. The van der Waals surface area contributed by atoms with Crippen LogP contribution in [0.4, 0.5) is 4.79 Å². The van der Waals surface area contributed by atoms with Gasteiger partial charge in [0.15, 0.2) is 5.78 Å². The summed E-state index contributed by atoms with van der Waals surface area (Å²) in [6, 6.07) is 0. The monoisotopic (exact) mass is 213 g/mol. The zero-order chi connectivity index (χ0) is 11.2. The first kappa shape index (κ1) is 10.4. The molecule has 5 nitrogen and oxygen atoms in total. The molecule has 0 aliphatic carbocycles. The Labute approximate surface area is 88.3 Å². The van der Waals surface area contributed by atoms with E-state index in [4.69, 9.17) is 9.47 Å². The molecule has 2 heterocycles. The van der Waals surface area contributed by atoms with Gasteiger partial charge < -0.3 is 9.47 Å². The van der Waals surface area contributed by atoms with Gasteiger partial charge in [-0.2, -0.15) is 0 Å². The Balaban J connectivity index is 1.93. The molecule has 2 atom stereocenters. The molecule has 2 aliphatic rings. The first-order valence-corrected chi connectivity index (χ1v) is 5.03. The fourth-order valence-corrected chi connectivity index (χ4v) is 1.59. The van der Waals surface area contributed by atoms with Crippen LogP contribution in [0.15, 0.2) is 0 Å². The van der Waals surface area contributed by atoms with Crippen molar-refractivity contribution in [3.05, 3.63) is 0 Å². The van der Waals surface area contributed by atoms with Gasteiger partial charge in [-0.25, -0.2) is 4.79 Å². The van der Waals surface area contributed by atoms with E-state index in [0.29, 0.717) is 6.54 Å². The summed E-state index contributed by atoms with van der Waals surface area (Å²) in [6.07, 6.45) is -0.799. The van der Waals surface area contributed by atoms with Crippen LogP contribution in [-0.2, 0) is 14.3 Å². The van der Waals surface area contributed by atoms with Crippen LogP contribution in [0.25, 0.3) is 0 Å². The number of fused-ring (bicyclic) bond motifs is 1. The Hall–Kier alpha value is -1.10. The molecule has 0 unspecified atom stereocenters. The highest BCUT2D eigenvalue weighted by atomic mass is 16.6. The predicted molar refractivity (Wildman–Crippen MR) is 51.5 cm³/mol. The normalized spacial score (nSPS) is 29.8. The zero-order valence-electron chi connectivity index (χ0n) is 9.15. The number of likely N-dealkylation sites (tertiary alicyclic amines) is 1. The molecule has 0 spiro atoms. The fraction of sp³-hybridized carbons (Fsp3) is 0.800. The molecule has 2 saturated heterocycles. The molecule has 15 heavy (non-hydrogen) atoms. The van der Waals surface area contributed by atoms with Crippen LogP contribution in [0.5, 0.6) is 0 Å². The lowest BCUT2D eigenvalue weighted by Crippen LogP contribution is -2.46. The number of amides is 1. The summed E-state index contributed by atoms with van der Waals surface area (Å²) >= 11 is 0. The van der Waals surface area contributed by atoms with Crippen molar-refractivity contribution in [2.24, 2.45) is 0 Å². The Morgan fingerprint density at radius 2 is 2.20 bits per heavy atom. The van der Waals surface area contributed by atoms with Gasteiger partial charge in [0.1, 0.15) is 17.8 Å². The second-order valence-corrected chi connectivity index (χ2v) is 4.92. The maximum absolute atomic E-state index is 11.6. The van der Waals surface area contributed by atoms with Crippen LogP contribution in [-0.4, -0.2) is 47.7 Å². The number of Topliss-reactive ketones (excluding diaryl/α,β-unsaturated/α-hetero) is 1. The summed E-state index contributed by atoms with van der Waals surface area (Å²) in [6.45, 7) is 5.97. The van der Waals surface area contributed by atoms with E-state index in [1.807, 2.05) is 0 Å². The van der Waals surface area contributed by atoms with Crippen LogP contribution in [0.3, 0.4) is 0 Å². The smallest absolute Gasteiger partial charge is 0.410 e. The SMILES string of the molecule is CC(C)(C)OC(=O)N1CC(=O)[C@H]2O[C@@H]2C1. The van der Waals surface area contributed by atoms with Gasteiger partial charge in [-0.05, 0) is 20.8 Å². The molecule has 1 amide bonds. The second-order valence-electron chi connectivity index (χ2n) is 4.92.